The number of unbranched alkanes of at least 4 members (excludes halogenated alkanes) is 14. The van der Waals surface area contributed by atoms with E-state index in [9.17, 15) is 13.2 Å². The lowest BCUT2D eigenvalue weighted by atomic mass is 10.1. The van der Waals surface area contributed by atoms with Gasteiger partial charge in [-0.15, -0.1) is 0 Å². The molecule has 1 atom stereocenters. The van der Waals surface area contributed by atoms with Crippen molar-refractivity contribution in [3.05, 3.63) is 0 Å². The number of carbonyl (C=O) groups is 1. The zero-order chi connectivity index (χ0) is 21.8. The molecule has 0 saturated heterocycles. The Balaban J connectivity index is 3.75. The third-order valence-corrected chi connectivity index (χ3v) is 5.54. The van der Waals surface area contributed by atoms with Gasteiger partial charge in [0.2, 0.25) is 0 Å². The standard InChI is InChI=1S/C22H44O6S/c1-3-5-7-9-10-11-12-13-14-15-16-18-20-27-22(23)21(28-29(24,25)26)19-17-8-6-4-2/h21H,3-20H2,1-2H3,(H,24,25,26). The van der Waals surface area contributed by atoms with E-state index in [1.807, 2.05) is 0 Å². The molecule has 1 unspecified atom stereocenters. The highest BCUT2D eigenvalue weighted by Crippen LogP contribution is 2.14. The molecular weight excluding hydrogens is 392 g/mol. The Bertz CT molecular complexity index is 478. The summed E-state index contributed by atoms with van der Waals surface area (Å²) in [7, 11) is -4.67. The van der Waals surface area contributed by atoms with E-state index in [2.05, 4.69) is 18.0 Å². The quantitative estimate of drug-likeness (QED) is 0.127. The van der Waals surface area contributed by atoms with Gasteiger partial charge in [0.15, 0.2) is 6.10 Å². The third kappa shape index (κ3) is 20.4. The van der Waals surface area contributed by atoms with Gasteiger partial charge in [0.05, 0.1) is 6.61 Å². The van der Waals surface area contributed by atoms with E-state index in [0.717, 1.165) is 38.5 Å². The van der Waals surface area contributed by atoms with Gasteiger partial charge in [0.25, 0.3) is 0 Å². The summed E-state index contributed by atoms with van der Waals surface area (Å²) in [5, 5.41) is 0. The van der Waals surface area contributed by atoms with Gasteiger partial charge in [-0.05, 0) is 12.8 Å². The predicted octanol–water partition coefficient (Wildman–Crippen LogP) is 6.39. The van der Waals surface area contributed by atoms with Crippen LogP contribution in [-0.4, -0.2) is 31.7 Å². The highest BCUT2D eigenvalue weighted by molar-refractivity contribution is 7.80. The highest BCUT2D eigenvalue weighted by Gasteiger charge is 2.26. The lowest BCUT2D eigenvalue weighted by Crippen LogP contribution is -2.29. The normalized spacial score (nSPS) is 12.8. The molecule has 0 fully saturated rings. The summed E-state index contributed by atoms with van der Waals surface area (Å²) in [4.78, 5) is 12.1. The van der Waals surface area contributed by atoms with Crippen LogP contribution in [0.2, 0.25) is 0 Å². The first-order valence-electron chi connectivity index (χ1n) is 11.7. The number of hydrogen-bond acceptors (Lipinski definition) is 5. The molecule has 0 aliphatic rings. The molecule has 0 aliphatic heterocycles. The Hall–Kier alpha value is -0.660. The molecule has 0 bridgehead atoms. The zero-order valence-corrected chi connectivity index (χ0v) is 19.5. The number of rotatable bonds is 21. The number of ether oxygens (including phenoxy) is 1. The fourth-order valence-electron chi connectivity index (χ4n) is 3.32. The van der Waals surface area contributed by atoms with E-state index in [1.54, 1.807) is 0 Å². The topological polar surface area (TPSA) is 89.9 Å². The fourth-order valence-corrected chi connectivity index (χ4v) is 3.79. The first-order valence-corrected chi connectivity index (χ1v) is 13.1. The Kier molecular flexibility index (Phi) is 18.9. The first kappa shape index (κ1) is 28.3. The van der Waals surface area contributed by atoms with Crippen molar-refractivity contribution in [1.29, 1.82) is 0 Å². The summed E-state index contributed by atoms with van der Waals surface area (Å²) < 4.78 is 40.4. The van der Waals surface area contributed by atoms with Crippen LogP contribution in [0.25, 0.3) is 0 Å². The van der Waals surface area contributed by atoms with Crippen LogP contribution in [0.1, 0.15) is 123 Å². The van der Waals surface area contributed by atoms with E-state index in [1.165, 1.54) is 57.8 Å². The summed E-state index contributed by atoms with van der Waals surface area (Å²) in [6.45, 7) is 4.56. The van der Waals surface area contributed by atoms with Crippen LogP contribution in [0, 0.1) is 0 Å². The minimum Gasteiger partial charge on any atom is -0.464 e. The molecule has 1 N–H and O–H groups in total. The Morgan fingerprint density at radius 3 is 1.59 bits per heavy atom. The smallest absolute Gasteiger partial charge is 0.398 e. The Morgan fingerprint density at radius 2 is 1.14 bits per heavy atom. The largest absolute Gasteiger partial charge is 0.464 e. The van der Waals surface area contributed by atoms with E-state index < -0.39 is 22.5 Å². The van der Waals surface area contributed by atoms with E-state index in [4.69, 9.17) is 9.29 Å². The highest BCUT2D eigenvalue weighted by atomic mass is 32.3. The molecule has 0 aromatic heterocycles. The van der Waals surface area contributed by atoms with Crippen molar-refractivity contribution in [2.45, 2.75) is 129 Å². The molecule has 0 aliphatic carbocycles. The maximum Gasteiger partial charge on any atom is 0.398 e. The molecule has 174 valence electrons. The number of carbonyl (C=O) groups excluding carboxylic acids is 1. The van der Waals surface area contributed by atoms with Crippen molar-refractivity contribution in [2.75, 3.05) is 6.61 Å². The second kappa shape index (κ2) is 19.3. The van der Waals surface area contributed by atoms with Crippen molar-refractivity contribution in [1.82, 2.24) is 0 Å². The second-order valence-corrected chi connectivity index (χ2v) is 8.97. The third-order valence-electron chi connectivity index (χ3n) is 5.06. The average Bonchev–Trinajstić information content (AvgIpc) is 2.66. The molecule has 6 nitrogen and oxygen atoms in total. The molecule has 29 heavy (non-hydrogen) atoms. The monoisotopic (exact) mass is 436 g/mol. The van der Waals surface area contributed by atoms with Gasteiger partial charge in [-0.25, -0.2) is 8.98 Å². The van der Waals surface area contributed by atoms with Crippen LogP contribution >= 0.6 is 0 Å². The van der Waals surface area contributed by atoms with Crippen molar-refractivity contribution in [3.8, 4) is 0 Å². The maximum atomic E-state index is 12.1. The number of esters is 1. The van der Waals surface area contributed by atoms with E-state index >= 15 is 0 Å². The average molecular weight is 437 g/mol. The van der Waals surface area contributed by atoms with Crippen LogP contribution in [-0.2, 0) is 24.1 Å². The van der Waals surface area contributed by atoms with E-state index in [0.29, 0.717) is 6.42 Å². The summed E-state index contributed by atoms with van der Waals surface area (Å²) in [5.41, 5.74) is 0. The lowest BCUT2D eigenvalue weighted by Gasteiger charge is -2.14. The van der Waals surface area contributed by atoms with Crippen molar-refractivity contribution < 1.29 is 26.7 Å². The van der Waals surface area contributed by atoms with E-state index in [-0.39, 0.29) is 13.0 Å². The Morgan fingerprint density at radius 1 is 0.724 bits per heavy atom. The van der Waals surface area contributed by atoms with Gasteiger partial charge in [0, 0.05) is 0 Å². The van der Waals surface area contributed by atoms with Gasteiger partial charge >= 0.3 is 16.4 Å². The molecule has 0 spiro atoms. The molecule has 0 aromatic carbocycles. The summed E-state index contributed by atoms with van der Waals surface area (Å²) >= 11 is 0. The molecule has 0 rings (SSSR count). The minimum atomic E-state index is -4.67. The second-order valence-electron chi connectivity index (χ2n) is 7.92. The molecule has 0 heterocycles. The molecule has 0 radical (unpaired) electrons. The van der Waals surface area contributed by atoms with Gasteiger partial charge in [-0.1, -0.05) is 110 Å². The fraction of sp³-hybridized carbons (Fsp3) is 0.955. The van der Waals surface area contributed by atoms with Crippen LogP contribution < -0.4 is 0 Å². The molecule has 0 amide bonds. The molecular formula is C22H44O6S. The lowest BCUT2D eigenvalue weighted by molar-refractivity contribution is -0.152. The van der Waals surface area contributed by atoms with Gasteiger partial charge in [0.1, 0.15) is 0 Å². The first-order chi connectivity index (χ1) is 13.9. The van der Waals surface area contributed by atoms with Crippen molar-refractivity contribution in [3.63, 3.8) is 0 Å². The minimum absolute atomic E-state index is 0.233. The van der Waals surface area contributed by atoms with Crippen LogP contribution in [0.3, 0.4) is 0 Å². The van der Waals surface area contributed by atoms with Gasteiger partial charge in [-0.3, -0.25) is 4.55 Å². The summed E-state index contributed by atoms with van der Waals surface area (Å²) in [6.07, 6.45) is 17.2. The van der Waals surface area contributed by atoms with Crippen molar-refractivity contribution in [2.24, 2.45) is 0 Å². The molecule has 0 saturated carbocycles. The molecule has 7 heteroatoms. The van der Waals surface area contributed by atoms with Crippen LogP contribution in [0.5, 0.6) is 0 Å². The molecule has 0 aromatic rings. The van der Waals surface area contributed by atoms with Crippen molar-refractivity contribution >= 4 is 16.4 Å². The van der Waals surface area contributed by atoms with Crippen LogP contribution in [0.4, 0.5) is 0 Å². The van der Waals surface area contributed by atoms with Gasteiger partial charge in [-0.2, -0.15) is 8.42 Å². The summed E-state index contributed by atoms with van der Waals surface area (Å²) in [5.74, 6) is -0.706. The van der Waals surface area contributed by atoms with Crippen LogP contribution in [0.15, 0.2) is 0 Å². The Labute approximate surface area is 179 Å². The van der Waals surface area contributed by atoms with Gasteiger partial charge < -0.3 is 4.74 Å². The SMILES string of the molecule is CCCCCCCCCCCCCCOC(=O)C(CCCCCC)OS(=O)(=O)O. The summed E-state index contributed by atoms with van der Waals surface area (Å²) in [6, 6.07) is 0. The zero-order valence-electron chi connectivity index (χ0n) is 18.7. The maximum absolute atomic E-state index is 12.1. The predicted molar refractivity (Wildman–Crippen MR) is 117 cm³/mol. The number of hydrogen-bond donors (Lipinski definition) is 1.